The van der Waals surface area contributed by atoms with E-state index in [0.717, 1.165) is 5.33 Å². The van der Waals surface area contributed by atoms with E-state index in [1.807, 2.05) is 18.2 Å². The summed E-state index contributed by atoms with van der Waals surface area (Å²) < 4.78 is 0. The number of benzene rings is 1. The van der Waals surface area contributed by atoms with Gasteiger partial charge in [-0.05, 0) is 5.56 Å². The molecule has 0 aromatic heterocycles. The highest BCUT2D eigenvalue weighted by Gasteiger charge is 1.86. The number of halogens is 1. The van der Waals surface area contributed by atoms with Crippen molar-refractivity contribution in [1.29, 1.82) is 0 Å². The van der Waals surface area contributed by atoms with E-state index in [2.05, 4.69) is 34.5 Å². The van der Waals surface area contributed by atoms with Crippen molar-refractivity contribution >= 4 is 15.9 Å². The quantitative estimate of drug-likeness (QED) is 0.619. The van der Waals surface area contributed by atoms with Crippen LogP contribution in [0.3, 0.4) is 0 Å². The molecular weight excluding hydrogens is 176 g/mol. The molecule has 0 bridgehead atoms. The number of hydrogen-bond donors (Lipinski definition) is 0. The van der Waals surface area contributed by atoms with Crippen molar-refractivity contribution in [2.24, 2.45) is 0 Å². The Labute approximate surface area is 64.0 Å². The minimum absolute atomic E-state index is 0.928. The van der Waals surface area contributed by atoms with Gasteiger partial charge in [0.1, 0.15) is 0 Å². The Morgan fingerprint density at radius 2 is 1.89 bits per heavy atom. The van der Waals surface area contributed by atoms with Gasteiger partial charge in [0.05, 0.1) is 0 Å². The topological polar surface area (TPSA) is 0 Å². The number of alkyl halides is 1. The molecule has 0 heterocycles. The monoisotopic (exact) mass is 183 g/mol. The van der Waals surface area contributed by atoms with Crippen LogP contribution in [0.25, 0.3) is 0 Å². The highest BCUT2D eigenvalue weighted by atomic mass is 79.9. The van der Waals surface area contributed by atoms with E-state index in [1.54, 1.807) is 0 Å². The largest absolute Gasteiger partial charge is 0.0921 e. The van der Waals surface area contributed by atoms with Crippen LogP contribution in [0.2, 0.25) is 0 Å². The Hall–Kier alpha value is -0.300. The molecule has 0 unspecified atom stereocenters. The standard InChI is InChI=1S/C8H8Br/c9-7-6-8-4-2-1-3-5-8/h1-6H,7H2. The first-order valence-electron chi connectivity index (χ1n) is 2.87. The first-order chi connectivity index (χ1) is 4.43. The summed E-state index contributed by atoms with van der Waals surface area (Å²) in [5.74, 6) is 0. The van der Waals surface area contributed by atoms with E-state index in [4.69, 9.17) is 0 Å². The smallest absolute Gasteiger partial charge is 0.0106 e. The fraction of sp³-hybridized carbons (Fsp3) is 0.125. The predicted molar refractivity (Wildman–Crippen MR) is 43.6 cm³/mol. The molecule has 0 aliphatic carbocycles. The lowest BCUT2D eigenvalue weighted by molar-refractivity contribution is 1.45. The normalized spacial score (nSPS) is 9.44. The van der Waals surface area contributed by atoms with E-state index < -0.39 is 0 Å². The summed E-state index contributed by atoms with van der Waals surface area (Å²) in [5, 5.41) is 0.928. The van der Waals surface area contributed by atoms with Crippen LogP contribution in [0.4, 0.5) is 0 Å². The SMILES string of the molecule is BrC[CH]c1ccccc1. The summed E-state index contributed by atoms with van der Waals surface area (Å²) in [5.41, 5.74) is 1.27. The van der Waals surface area contributed by atoms with Crippen LogP contribution >= 0.6 is 15.9 Å². The maximum atomic E-state index is 3.33. The number of hydrogen-bond acceptors (Lipinski definition) is 0. The summed E-state index contributed by atoms with van der Waals surface area (Å²) in [6.45, 7) is 0. The summed E-state index contributed by atoms with van der Waals surface area (Å²) in [4.78, 5) is 0. The van der Waals surface area contributed by atoms with Crippen molar-refractivity contribution in [3.05, 3.63) is 42.3 Å². The third-order valence-electron chi connectivity index (χ3n) is 1.11. The minimum atomic E-state index is 0.928. The molecule has 1 aromatic carbocycles. The van der Waals surface area contributed by atoms with Gasteiger partial charge in [0.25, 0.3) is 0 Å². The zero-order valence-electron chi connectivity index (χ0n) is 5.05. The average molecular weight is 184 g/mol. The second kappa shape index (κ2) is 3.67. The molecule has 9 heavy (non-hydrogen) atoms. The van der Waals surface area contributed by atoms with Crippen LogP contribution in [0.15, 0.2) is 30.3 Å². The summed E-state index contributed by atoms with van der Waals surface area (Å²) in [7, 11) is 0. The van der Waals surface area contributed by atoms with Crippen LogP contribution in [0.1, 0.15) is 5.56 Å². The Morgan fingerprint density at radius 1 is 1.22 bits per heavy atom. The highest BCUT2D eigenvalue weighted by molar-refractivity contribution is 9.09. The Kier molecular flexibility index (Phi) is 2.78. The lowest BCUT2D eigenvalue weighted by Gasteiger charge is -1.92. The lowest BCUT2D eigenvalue weighted by Crippen LogP contribution is -1.78. The molecule has 0 spiro atoms. The Balaban J connectivity index is 2.61. The molecule has 0 N–H and O–H groups in total. The molecular formula is C8H8Br. The fourth-order valence-electron chi connectivity index (χ4n) is 0.678. The Bertz CT molecular complexity index is 157. The van der Waals surface area contributed by atoms with Gasteiger partial charge in [0.15, 0.2) is 0 Å². The van der Waals surface area contributed by atoms with Gasteiger partial charge in [0.2, 0.25) is 0 Å². The van der Waals surface area contributed by atoms with E-state index in [9.17, 15) is 0 Å². The number of rotatable bonds is 2. The first-order valence-corrected chi connectivity index (χ1v) is 4.00. The van der Waals surface area contributed by atoms with Gasteiger partial charge in [-0.1, -0.05) is 46.3 Å². The van der Waals surface area contributed by atoms with E-state index in [1.165, 1.54) is 5.56 Å². The second-order valence-corrected chi connectivity index (χ2v) is 2.42. The van der Waals surface area contributed by atoms with Gasteiger partial charge in [-0.15, -0.1) is 0 Å². The highest BCUT2D eigenvalue weighted by Crippen LogP contribution is 2.02. The van der Waals surface area contributed by atoms with Crippen LogP contribution < -0.4 is 0 Å². The second-order valence-electron chi connectivity index (χ2n) is 1.77. The summed E-state index contributed by atoms with van der Waals surface area (Å²) in [6, 6.07) is 10.3. The molecule has 47 valence electrons. The molecule has 1 rings (SSSR count). The molecule has 0 fully saturated rings. The molecule has 1 heteroatoms. The van der Waals surface area contributed by atoms with Crippen molar-refractivity contribution in [3.8, 4) is 0 Å². The molecule has 0 nitrogen and oxygen atoms in total. The van der Waals surface area contributed by atoms with Crippen LogP contribution in [0.5, 0.6) is 0 Å². The zero-order valence-corrected chi connectivity index (χ0v) is 6.64. The molecule has 0 saturated carbocycles. The first kappa shape index (κ1) is 6.81. The molecule has 0 amide bonds. The van der Waals surface area contributed by atoms with Crippen molar-refractivity contribution in [1.82, 2.24) is 0 Å². The van der Waals surface area contributed by atoms with E-state index >= 15 is 0 Å². The molecule has 0 atom stereocenters. The zero-order chi connectivity index (χ0) is 6.53. The van der Waals surface area contributed by atoms with Crippen LogP contribution in [-0.2, 0) is 0 Å². The van der Waals surface area contributed by atoms with Gasteiger partial charge >= 0.3 is 0 Å². The lowest BCUT2D eigenvalue weighted by atomic mass is 10.2. The van der Waals surface area contributed by atoms with Gasteiger partial charge in [-0.25, -0.2) is 0 Å². The summed E-state index contributed by atoms with van der Waals surface area (Å²) >= 11 is 3.33. The summed E-state index contributed by atoms with van der Waals surface area (Å²) in [6.07, 6.45) is 2.12. The van der Waals surface area contributed by atoms with Gasteiger partial charge < -0.3 is 0 Å². The van der Waals surface area contributed by atoms with Crippen molar-refractivity contribution in [3.63, 3.8) is 0 Å². The van der Waals surface area contributed by atoms with Gasteiger partial charge in [0, 0.05) is 11.8 Å². The van der Waals surface area contributed by atoms with Crippen molar-refractivity contribution < 1.29 is 0 Å². The van der Waals surface area contributed by atoms with Crippen LogP contribution in [-0.4, -0.2) is 5.33 Å². The fourth-order valence-corrected chi connectivity index (χ4v) is 1.05. The van der Waals surface area contributed by atoms with Crippen molar-refractivity contribution in [2.75, 3.05) is 5.33 Å². The average Bonchev–Trinajstić information content (AvgIpc) is 1.91. The van der Waals surface area contributed by atoms with Gasteiger partial charge in [-0.2, -0.15) is 0 Å². The third-order valence-corrected chi connectivity index (χ3v) is 1.44. The predicted octanol–water partition coefficient (Wildman–Crippen LogP) is 2.63. The van der Waals surface area contributed by atoms with Crippen LogP contribution in [0, 0.1) is 6.42 Å². The van der Waals surface area contributed by atoms with E-state index in [-0.39, 0.29) is 0 Å². The van der Waals surface area contributed by atoms with E-state index in [0.29, 0.717) is 0 Å². The molecule has 1 radical (unpaired) electrons. The molecule has 0 saturated heterocycles. The molecule has 0 aliphatic heterocycles. The molecule has 1 aromatic rings. The third kappa shape index (κ3) is 2.19. The van der Waals surface area contributed by atoms with Crippen molar-refractivity contribution in [2.45, 2.75) is 0 Å². The Morgan fingerprint density at radius 3 is 2.44 bits per heavy atom. The maximum absolute atomic E-state index is 3.33. The minimum Gasteiger partial charge on any atom is -0.0921 e. The molecule has 0 aliphatic rings. The van der Waals surface area contributed by atoms with Gasteiger partial charge in [-0.3, -0.25) is 0 Å². The maximum Gasteiger partial charge on any atom is 0.0106 e.